The summed E-state index contributed by atoms with van der Waals surface area (Å²) in [5.41, 5.74) is 0.623. The van der Waals surface area contributed by atoms with Crippen LogP contribution >= 0.6 is 31.9 Å². The van der Waals surface area contributed by atoms with Gasteiger partial charge in [0.1, 0.15) is 0 Å². The van der Waals surface area contributed by atoms with Crippen LogP contribution in [-0.2, 0) is 9.59 Å². The number of hydrogen-bond acceptors (Lipinski definition) is 4. The maximum absolute atomic E-state index is 12.8. The number of carbonyl (C=O) groups excluding carboxylic acids is 2. The zero-order valence-corrected chi connectivity index (χ0v) is 16.1. The lowest BCUT2D eigenvalue weighted by Gasteiger charge is -2.36. The predicted octanol–water partition coefficient (Wildman–Crippen LogP) is 2.48. The van der Waals surface area contributed by atoms with Gasteiger partial charge in [-0.25, -0.2) is 4.90 Å². The van der Waals surface area contributed by atoms with Crippen LogP contribution in [0.4, 0.5) is 5.69 Å². The Bertz CT molecular complexity index is 630. The average molecular weight is 445 g/mol. The van der Waals surface area contributed by atoms with Crippen molar-refractivity contribution in [3.8, 4) is 0 Å². The first-order valence-electron chi connectivity index (χ1n) is 7.79. The van der Waals surface area contributed by atoms with Gasteiger partial charge >= 0.3 is 0 Å². The van der Waals surface area contributed by atoms with Gasteiger partial charge in [0.05, 0.1) is 18.2 Å². The standard InChI is InChI=1S/C16H19Br2N3O2/c1-2-19-5-7-20(8-6-19)14-10-15(22)21(16(14)23)13-4-3-11(17)9-12(13)18/h3-4,9,14H,2,5-8,10H2,1H3/t14-/m0/s1. The molecule has 1 aromatic rings. The summed E-state index contributed by atoms with van der Waals surface area (Å²) in [7, 11) is 0. The molecular formula is C16H19Br2N3O2. The Morgan fingerprint density at radius 2 is 1.83 bits per heavy atom. The van der Waals surface area contributed by atoms with E-state index in [9.17, 15) is 9.59 Å². The summed E-state index contributed by atoms with van der Waals surface area (Å²) < 4.78 is 1.64. The number of piperazine rings is 1. The fourth-order valence-corrected chi connectivity index (χ4v) is 4.43. The number of benzene rings is 1. The van der Waals surface area contributed by atoms with E-state index in [0.29, 0.717) is 5.69 Å². The van der Waals surface area contributed by atoms with E-state index in [1.807, 2.05) is 12.1 Å². The highest BCUT2D eigenvalue weighted by Gasteiger charge is 2.43. The lowest BCUT2D eigenvalue weighted by Crippen LogP contribution is -2.52. The highest BCUT2D eigenvalue weighted by atomic mass is 79.9. The molecule has 0 spiro atoms. The third-order valence-electron chi connectivity index (χ3n) is 4.57. The van der Waals surface area contributed by atoms with Crippen LogP contribution < -0.4 is 4.90 Å². The SMILES string of the molecule is CCN1CCN([C@H]2CC(=O)N(c3ccc(Br)cc3Br)C2=O)CC1. The van der Waals surface area contributed by atoms with Crippen molar-refractivity contribution >= 4 is 49.4 Å². The average Bonchev–Trinajstić information content (AvgIpc) is 2.83. The minimum absolute atomic E-state index is 0.108. The Kier molecular flexibility index (Phi) is 5.20. The van der Waals surface area contributed by atoms with Crippen molar-refractivity contribution in [1.82, 2.24) is 9.80 Å². The molecule has 0 bridgehead atoms. The van der Waals surface area contributed by atoms with Crippen molar-refractivity contribution in [2.45, 2.75) is 19.4 Å². The third-order valence-corrected chi connectivity index (χ3v) is 5.70. The van der Waals surface area contributed by atoms with Crippen molar-refractivity contribution in [2.75, 3.05) is 37.6 Å². The van der Waals surface area contributed by atoms with Gasteiger partial charge in [0.2, 0.25) is 5.91 Å². The number of rotatable bonds is 3. The number of nitrogens with zero attached hydrogens (tertiary/aromatic N) is 3. The predicted molar refractivity (Wildman–Crippen MR) is 96.4 cm³/mol. The fourth-order valence-electron chi connectivity index (χ4n) is 3.21. The Morgan fingerprint density at radius 1 is 1.13 bits per heavy atom. The summed E-state index contributed by atoms with van der Waals surface area (Å²) >= 11 is 6.84. The van der Waals surface area contributed by atoms with Gasteiger partial charge in [-0.15, -0.1) is 0 Å². The van der Waals surface area contributed by atoms with Gasteiger partial charge in [-0.2, -0.15) is 0 Å². The Morgan fingerprint density at radius 3 is 2.43 bits per heavy atom. The van der Waals surface area contributed by atoms with Crippen molar-refractivity contribution in [1.29, 1.82) is 0 Å². The van der Waals surface area contributed by atoms with Gasteiger partial charge in [0.15, 0.2) is 0 Å². The normalized spacial score (nSPS) is 23.8. The molecule has 2 heterocycles. The van der Waals surface area contributed by atoms with Gasteiger partial charge in [-0.1, -0.05) is 22.9 Å². The third kappa shape index (κ3) is 3.38. The van der Waals surface area contributed by atoms with E-state index in [1.54, 1.807) is 6.07 Å². The van der Waals surface area contributed by atoms with Gasteiger partial charge < -0.3 is 4.90 Å². The number of hydrogen-bond donors (Lipinski definition) is 0. The molecule has 23 heavy (non-hydrogen) atoms. The molecule has 1 atom stereocenters. The van der Waals surface area contributed by atoms with E-state index >= 15 is 0 Å². The molecule has 0 saturated carbocycles. The Labute approximate surface area is 152 Å². The van der Waals surface area contributed by atoms with E-state index in [-0.39, 0.29) is 24.3 Å². The number of halogens is 2. The molecule has 0 radical (unpaired) electrons. The van der Waals surface area contributed by atoms with Crippen LogP contribution in [0.15, 0.2) is 27.1 Å². The Balaban J connectivity index is 1.78. The second-order valence-electron chi connectivity index (χ2n) is 5.85. The van der Waals surface area contributed by atoms with E-state index < -0.39 is 0 Å². The van der Waals surface area contributed by atoms with Gasteiger partial charge in [-0.05, 0) is 40.7 Å². The van der Waals surface area contributed by atoms with Crippen LogP contribution in [0.1, 0.15) is 13.3 Å². The minimum atomic E-state index is -0.322. The molecule has 3 rings (SSSR count). The van der Waals surface area contributed by atoms with Crippen LogP contribution in [0.2, 0.25) is 0 Å². The number of likely N-dealkylation sites (N-methyl/N-ethyl adjacent to an activating group) is 1. The van der Waals surface area contributed by atoms with Crippen LogP contribution in [0.25, 0.3) is 0 Å². The van der Waals surface area contributed by atoms with E-state index in [2.05, 4.69) is 48.6 Å². The lowest BCUT2D eigenvalue weighted by atomic mass is 10.1. The van der Waals surface area contributed by atoms with Gasteiger partial charge in [-0.3, -0.25) is 14.5 Å². The monoisotopic (exact) mass is 443 g/mol. The van der Waals surface area contributed by atoms with Crippen molar-refractivity contribution < 1.29 is 9.59 Å². The molecule has 2 saturated heterocycles. The molecule has 2 aliphatic rings. The van der Waals surface area contributed by atoms with Gasteiger partial charge in [0, 0.05) is 35.1 Å². The van der Waals surface area contributed by atoms with Crippen LogP contribution in [0.5, 0.6) is 0 Å². The number of amides is 2. The molecule has 5 nitrogen and oxygen atoms in total. The zero-order valence-electron chi connectivity index (χ0n) is 13.0. The van der Waals surface area contributed by atoms with Crippen molar-refractivity contribution in [3.05, 3.63) is 27.1 Å². The second-order valence-corrected chi connectivity index (χ2v) is 7.62. The highest BCUT2D eigenvalue weighted by Crippen LogP contribution is 2.33. The first kappa shape index (κ1) is 17.1. The first-order valence-corrected chi connectivity index (χ1v) is 9.38. The largest absolute Gasteiger partial charge is 0.301 e. The molecule has 2 fully saturated rings. The lowest BCUT2D eigenvalue weighted by molar-refractivity contribution is -0.123. The number of anilines is 1. The molecule has 0 aromatic heterocycles. The van der Waals surface area contributed by atoms with Crippen LogP contribution in [-0.4, -0.2) is 60.4 Å². The smallest absolute Gasteiger partial charge is 0.251 e. The number of carbonyl (C=O) groups is 2. The van der Waals surface area contributed by atoms with Crippen molar-refractivity contribution in [3.63, 3.8) is 0 Å². The van der Waals surface area contributed by atoms with Crippen LogP contribution in [0.3, 0.4) is 0 Å². The molecule has 0 N–H and O–H groups in total. The quantitative estimate of drug-likeness (QED) is 0.672. The molecular weight excluding hydrogens is 426 g/mol. The number of imide groups is 1. The maximum Gasteiger partial charge on any atom is 0.251 e. The fraction of sp³-hybridized carbons (Fsp3) is 0.500. The summed E-state index contributed by atoms with van der Waals surface area (Å²) in [6, 6.07) is 5.16. The molecule has 2 amide bonds. The molecule has 2 aliphatic heterocycles. The zero-order chi connectivity index (χ0) is 16.6. The molecule has 0 unspecified atom stereocenters. The summed E-state index contributed by atoms with van der Waals surface area (Å²) in [6.07, 6.45) is 0.271. The maximum atomic E-state index is 12.8. The second kappa shape index (κ2) is 7.01. The molecule has 1 aromatic carbocycles. The van der Waals surface area contributed by atoms with E-state index in [4.69, 9.17) is 0 Å². The van der Waals surface area contributed by atoms with Crippen LogP contribution in [0, 0.1) is 0 Å². The first-order chi connectivity index (χ1) is 11.0. The summed E-state index contributed by atoms with van der Waals surface area (Å²) in [5.74, 6) is -0.232. The van der Waals surface area contributed by atoms with E-state index in [1.165, 1.54) is 4.90 Å². The van der Waals surface area contributed by atoms with Gasteiger partial charge in [0.25, 0.3) is 5.91 Å². The topological polar surface area (TPSA) is 43.9 Å². The molecule has 124 valence electrons. The summed E-state index contributed by atoms with van der Waals surface area (Å²) in [6.45, 7) is 6.77. The highest BCUT2D eigenvalue weighted by molar-refractivity contribution is 9.11. The summed E-state index contributed by atoms with van der Waals surface area (Å²) in [5, 5.41) is 0. The Hall–Kier alpha value is -0.760. The molecule has 0 aliphatic carbocycles. The minimum Gasteiger partial charge on any atom is -0.301 e. The van der Waals surface area contributed by atoms with Crippen molar-refractivity contribution in [2.24, 2.45) is 0 Å². The van der Waals surface area contributed by atoms with E-state index in [0.717, 1.165) is 41.7 Å². The summed E-state index contributed by atoms with van der Waals surface area (Å²) in [4.78, 5) is 31.1. The molecule has 7 heteroatoms.